The molecule has 110 valence electrons. The van der Waals surface area contributed by atoms with E-state index in [1.54, 1.807) is 0 Å². The van der Waals surface area contributed by atoms with Crippen molar-refractivity contribution in [3.8, 4) is 0 Å². The lowest BCUT2D eigenvalue weighted by Gasteiger charge is -2.19. The summed E-state index contributed by atoms with van der Waals surface area (Å²) >= 11 is 0. The van der Waals surface area contributed by atoms with Gasteiger partial charge in [-0.1, -0.05) is 43.7 Å². The molecule has 1 rings (SSSR count). The Kier molecular flexibility index (Phi) is 6.73. The van der Waals surface area contributed by atoms with Crippen LogP contribution in [0, 0.1) is 0 Å². The van der Waals surface area contributed by atoms with E-state index in [1.807, 2.05) is 37.3 Å². The molecule has 0 amide bonds. The van der Waals surface area contributed by atoms with Gasteiger partial charge in [0, 0.05) is 0 Å². The lowest BCUT2D eigenvalue weighted by molar-refractivity contribution is -0.148. The van der Waals surface area contributed by atoms with E-state index in [0.717, 1.165) is 12.0 Å². The van der Waals surface area contributed by atoms with Crippen LogP contribution < -0.4 is 5.32 Å². The second-order valence-corrected chi connectivity index (χ2v) is 4.66. The van der Waals surface area contributed by atoms with Crippen LogP contribution in [0.4, 0.5) is 0 Å². The number of hydrogen-bond donors (Lipinski definition) is 2. The highest BCUT2D eigenvalue weighted by Crippen LogP contribution is 2.06. The van der Waals surface area contributed by atoms with Gasteiger partial charge in [0.25, 0.3) is 0 Å². The van der Waals surface area contributed by atoms with Gasteiger partial charge in [0.2, 0.25) is 0 Å². The minimum absolute atomic E-state index is 0.197. The normalized spacial score (nSPS) is 13.5. The minimum atomic E-state index is -0.984. The van der Waals surface area contributed by atoms with Gasteiger partial charge in [-0.3, -0.25) is 14.9 Å². The fourth-order valence-electron chi connectivity index (χ4n) is 1.76. The highest BCUT2D eigenvalue weighted by molar-refractivity contribution is 5.78. The van der Waals surface area contributed by atoms with Gasteiger partial charge in [-0.15, -0.1) is 0 Å². The predicted octanol–water partition coefficient (Wildman–Crippen LogP) is 1.96. The molecule has 1 aromatic rings. The third-order valence-corrected chi connectivity index (χ3v) is 2.91. The summed E-state index contributed by atoms with van der Waals surface area (Å²) in [6.07, 6.45) is 1.32. The number of ether oxygens (including phenoxy) is 1. The lowest BCUT2D eigenvalue weighted by Crippen LogP contribution is -2.46. The molecule has 0 saturated heterocycles. The smallest absolute Gasteiger partial charge is 0.323 e. The molecular weight excluding hydrogens is 258 g/mol. The molecule has 1 aromatic carbocycles. The average molecular weight is 279 g/mol. The molecule has 0 heterocycles. The van der Waals surface area contributed by atoms with Crippen LogP contribution >= 0.6 is 0 Å². The number of rotatable bonds is 8. The van der Waals surface area contributed by atoms with Crippen molar-refractivity contribution in [3.05, 3.63) is 35.9 Å². The summed E-state index contributed by atoms with van der Waals surface area (Å²) in [5, 5.41) is 11.7. The van der Waals surface area contributed by atoms with Crippen LogP contribution in [0.25, 0.3) is 0 Å². The number of esters is 1. The molecule has 0 bridgehead atoms. The quantitative estimate of drug-likeness (QED) is 0.711. The zero-order chi connectivity index (χ0) is 15.0. The lowest BCUT2D eigenvalue weighted by atomic mass is 10.1. The Morgan fingerprint density at radius 3 is 2.50 bits per heavy atom. The van der Waals surface area contributed by atoms with Gasteiger partial charge in [-0.25, -0.2) is 0 Å². The summed E-state index contributed by atoms with van der Waals surface area (Å²) in [7, 11) is 0. The van der Waals surface area contributed by atoms with Gasteiger partial charge in [0.1, 0.15) is 18.7 Å². The maximum absolute atomic E-state index is 12.0. The van der Waals surface area contributed by atoms with E-state index >= 15 is 0 Å². The zero-order valence-corrected chi connectivity index (χ0v) is 11.8. The molecular formula is C15H21NO4. The fraction of sp³-hybridized carbons (Fsp3) is 0.467. The monoisotopic (exact) mass is 279 g/mol. The Morgan fingerprint density at radius 1 is 1.30 bits per heavy atom. The number of carbonyl (C=O) groups is 2. The number of carboxylic acid groups (broad SMARTS) is 1. The number of nitrogens with one attached hydrogen (secondary N) is 1. The first-order valence-corrected chi connectivity index (χ1v) is 6.74. The molecule has 5 heteroatoms. The van der Waals surface area contributed by atoms with Crippen molar-refractivity contribution in [1.82, 2.24) is 5.32 Å². The van der Waals surface area contributed by atoms with E-state index in [2.05, 4.69) is 5.32 Å². The summed E-state index contributed by atoms with van der Waals surface area (Å²) in [4.78, 5) is 22.8. The second kappa shape index (κ2) is 8.32. The molecule has 0 aliphatic rings. The van der Waals surface area contributed by atoms with Crippen LogP contribution in [0.15, 0.2) is 30.3 Å². The summed E-state index contributed by atoms with van der Waals surface area (Å²) < 4.78 is 5.23. The van der Waals surface area contributed by atoms with Crippen LogP contribution in [0.3, 0.4) is 0 Å². The third kappa shape index (κ3) is 5.40. The molecule has 0 aliphatic carbocycles. The summed E-state index contributed by atoms with van der Waals surface area (Å²) in [6.45, 7) is 3.64. The molecule has 0 aromatic heterocycles. The van der Waals surface area contributed by atoms with E-state index in [9.17, 15) is 9.59 Å². The van der Waals surface area contributed by atoms with E-state index < -0.39 is 24.0 Å². The number of hydrogen-bond acceptors (Lipinski definition) is 4. The molecule has 0 aliphatic heterocycles. The number of carbonyl (C=O) groups excluding carboxylic acids is 1. The Morgan fingerprint density at radius 2 is 1.95 bits per heavy atom. The van der Waals surface area contributed by atoms with Crippen LogP contribution in [0.1, 0.15) is 32.3 Å². The Labute approximate surface area is 118 Å². The standard InChI is InChI=1S/C15H21NO4/c1-3-7-13(16-11(2)14(17)18)15(19)20-10-12-8-5-4-6-9-12/h4-6,8-9,11,13,16H,3,7,10H2,1-2H3,(H,17,18)/t11-,13-/m0/s1. The molecule has 0 spiro atoms. The van der Waals surface area contributed by atoms with Crippen molar-refractivity contribution in [2.45, 2.75) is 45.4 Å². The zero-order valence-electron chi connectivity index (χ0n) is 11.8. The molecule has 0 saturated carbocycles. The minimum Gasteiger partial charge on any atom is -0.480 e. The highest BCUT2D eigenvalue weighted by Gasteiger charge is 2.23. The summed E-state index contributed by atoms with van der Waals surface area (Å²) in [5.41, 5.74) is 0.905. The predicted molar refractivity (Wildman–Crippen MR) is 75.2 cm³/mol. The topological polar surface area (TPSA) is 75.6 Å². The van der Waals surface area contributed by atoms with Gasteiger partial charge >= 0.3 is 11.9 Å². The van der Waals surface area contributed by atoms with E-state index in [1.165, 1.54) is 6.92 Å². The summed E-state index contributed by atoms with van der Waals surface area (Å²) in [5.74, 6) is -1.40. The van der Waals surface area contributed by atoms with Crippen molar-refractivity contribution >= 4 is 11.9 Å². The average Bonchev–Trinajstić information content (AvgIpc) is 2.45. The molecule has 0 fully saturated rings. The SMILES string of the molecule is CCC[C@H](N[C@@H](C)C(=O)O)C(=O)OCc1ccccc1. The van der Waals surface area contributed by atoms with E-state index in [4.69, 9.17) is 9.84 Å². The van der Waals surface area contributed by atoms with Crippen LogP contribution in [0.5, 0.6) is 0 Å². The molecule has 2 atom stereocenters. The third-order valence-electron chi connectivity index (χ3n) is 2.91. The largest absolute Gasteiger partial charge is 0.480 e. The first-order valence-electron chi connectivity index (χ1n) is 6.74. The molecule has 20 heavy (non-hydrogen) atoms. The van der Waals surface area contributed by atoms with Gasteiger partial charge in [-0.2, -0.15) is 0 Å². The number of aliphatic carboxylic acids is 1. The van der Waals surface area contributed by atoms with Crippen LogP contribution in [0.2, 0.25) is 0 Å². The van der Waals surface area contributed by atoms with E-state index in [0.29, 0.717) is 6.42 Å². The number of benzene rings is 1. The molecule has 2 N–H and O–H groups in total. The maximum Gasteiger partial charge on any atom is 0.323 e. The van der Waals surface area contributed by atoms with Gasteiger partial charge in [0.15, 0.2) is 0 Å². The summed E-state index contributed by atoms with van der Waals surface area (Å²) in [6, 6.07) is 8.01. The van der Waals surface area contributed by atoms with Gasteiger partial charge in [-0.05, 0) is 18.9 Å². The van der Waals surface area contributed by atoms with Crippen molar-refractivity contribution in [2.75, 3.05) is 0 Å². The fourth-order valence-corrected chi connectivity index (χ4v) is 1.76. The Hall–Kier alpha value is -1.88. The number of carboxylic acids is 1. The highest BCUT2D eigenvalue weighted by atomic mass is 16.5. The Bertz CT molecular complexity index is 433. The first-order chi connectivity index (χ1) is 9.54. The molecule has 0 unspecified atom stereocenters. The molecule has 5 nitrogen and oxygen atoms in total. The first kappa shape index (κ1) is 16.2. The van der Waals surface area contributed by atoms with Crippen molar-refractivity contribution in [2.24, 2.45) is 0 Å². The van der Waals surface area contributed by atoms with E-state index in [-0.39, 0.29) is 6.61 Å². The van der Waals surface area contributed by atoms with Gasteiger partial charge < -0.3 is 9.84 Å². The molecule has 0 radical (unpaired) electrons. The Balaban J connectivity index is 2.53. The van der Waals surface area contributed by atoms with Crippen LogP contribution in [-0.2, 0) is 20.9 Å². The van der Waals surface area contributed by atoms with Crippen molar-refractivity contribution in [3.63, 3.8) is 0 Å². The maximum atomic E-state index is 12.0. The van der Waals surface area contributed by atoms with Crippen molar-refractivity contribution in [1.29, 1.82) is 0 Å². The van der Waals surface area contributed by atoms with Gasteiger partial charge in [0.05, 0.1) is 0 Å². The van der Waals surface area contributed by atoms with Crippen molar-refractivity contribution < 1.29 is 19.4 Å². The van der Waals surface area contributed by atoms with Crippen LogP contribution in [-0.4, -0.2) is 29.1 Å². The second-order valence-electron chi connectivity index (χ2n) is 4.66.